The van der Waals surface area contributed by atoms with Gasteiger partial charge < -0.3 is 4.90 Å². The predicted molar refractivity (Wildman–Crippen MR) is 134 cm³/mol. The Labute approximate surface area is 198 Å². The van der Waals surface area contributed by atoms with Gasteiger partial charge in [-0.15, -0.1) is 0 Å². The van der Waals surface area contributed by atoms with Gasteiger partial charge in [-0.25, -0.2) is 4.68 Å². The molecule has 1 aromatic heterocycles. The summed E-state index contributed by atoms with van der Waals surface area (Å²) in [5.41, 5.74) is 2.24. The number of benzene rings is 1. The van der Waals surface area contributed by atoms with Gasteiger partial charge in [-0.2, -0.15) is 0 Å². The Morgan fingerprint density at radius 3 is 2.21 bits per heavy atom. The summed E-state index contributed by atoms with van der Waals surface area (Å²) in [6.07, 6.45) is 9.80. The van der Waals surface area contributed by atoms with Gasteiger partial charge in [0.15, 0.2) is 5.78 Å². The van der Waals surface area contributed by atoms with Gasteiger partial charge >= 0.3 is 0 Å². The molecule has 0 spiro atoms. The zero-order chi connectivity index (χ0) is 24.2. The second-order valence-electron chi connectivity index (χ2n) is 8.64. The highest BCUT2D eigenvalue weighted by atomic mass is 16.2. The third-order valence-corrected chi connectivity index (χ3v) is 6.27. The molecule has 0 atom stereocenters. The number of amides is 1. The van der Waals surface area contributed by atoms with E-state index in [0.717, 1.165) is 36.9 Å². The van der Waals surface area contributed by atoms with Gasteiger partial charge in [0.1, 0.15) is 5.56 Å². The minimum Gasteiger partial charge on any atom is -0.335 e. The number of likely N-dealkylation sites (N-methyl/N-ethyl adjacent to an activating group) is 1. The Balaban J connectivity index is 2.08. The van der Waals surface area contributed by atoms with Gasteiger partial charge in [0.2, 0.25) is 5.91 Å². The fourth-order valence-electron chi connectivity index (χ4n) is 4.24. The van der Waals surface area contributed by atoms with Crippen LogP contribution in [0.1, 0.15) is 101 Å². The minimum absolute atomic E-state index is 0.00959. The molecule has 0 fully saturated rings. The molecule has 0 saturated carbocycles. The summed E-state index contributed by atoms with van der Waals surface area (Å²) in [5, 5.41) is 3.13. The maximum absolute atomic E-state index is 13.2. The van der Waals surface area contributed by atoms with E-state index < -0.39 is 0 Å². The molecule has 6 heteroatoms. The molecule has 0 aliphatic heterocycles. The number of rotatable bonds is 15. The number of carbonyl (C=O) groups is 2. The van der Waals surface area contributed by atoms with Crippen LogP contribution in [-0.4, -0.2) is 39.5 Å². The molecule has 1 aromatic carbocycles. The summed E-state index contributed by atoms with van der Waals surface area (Å²) < 4.78 is 1.47. The summed E-state index contributed by atoms with van der Waals surface area (Å²) in [6, 6.07) is 7.70. The van der Waals surface area contributed by atoms with Crippen LogP contribution in [0.3, 0.4) is 0 Å². The topological polar surface area (TPSA) is 75.2 Å². The maximum Gasteiger partial charge on any atom is 0.282 e. The van der Waals surface area contributed by atoms with E-state index >= 15 is 0 Å². The monoisotopic (exact) mass is 455 g/mol. The molecule has 6 nitrogen and oxygen atoms in total. The van der Waals surface area contributed by atoms with Crippen molar-refractivity contribution < 1.29 is 9.59 Å². The fourth-order valence-corrected chi connectivity index (χ4v) is 4.24. The van der Waals surface area contributed by atoms with Gasteiger partial charge in [-0.05, 0) is 37.8 Å². The number of Topliss-reactive ketones (excluding diaryl/α,β-unsaturated/α-hetero) is 1. The molecule has 0 unspecified atom stereocenters. The number of para-hydroxylation sites is 1. The van der Waals surface area contributed by atoms with Crippen molar-refractivity contribution in [2.75, 3.05) is 13.1 Å². The first-order valence-electron chi connectivity index (χ1n) is 12.7. The number of nitrogens with one attached hydrogen (secondary N) is 1. The lowest BCUT2D eigenvalue weighted by Gasteiger charge is -2.20. The number of aryl methyl sites for hydroxylation is 2. The van der Waals surface area contributed by atoms with E-state index in [1.807, 2.05) is 45.0 Å². The molecule has 1 N–H and O–H groups in total. The molecule has 0 saturated heterocycles. The second-order valence-corrected chi connectivity index (χ2v) is 8.64. The zero-order valence-corrected chi connectivity index (χ0v) is 20.9. The number of nitrogens with zero attached hydrogens (tertiary/aromatic N) is 2. The summed E-state index contributed by atoms with van der Waals surface area (Å²) in [7, 11) is 0. The quantitative estimate of drug-likeness (QED) is 0.286. The standard InChI is InChI=1S/C27H41N3O3/c1-5-9-10-11-12-13-14-19-25(32)29(8-4)20-24(31)26-22(7-3)28-30(27(26)33)23-18-16-15-17-21(23)6-2/h15-18,28H,5-14,19-20H2,1-4H3. The first-order chi connectivity index (χ1) is 16.0. The predicted octanol–water partition coefficient (Wildman–Crippen LogP) is 5.46. The molecule has 0 aliphatic carbocycles. The van der Waals surface area contributed by atoms with E-state index in [1.165, 1.54) is 30.4 Å². The highest BCUT2D eigenvalue weighted by molar-refractivity contribution is 6.00. The van der Waals surface area contributed by atoms with Crippen molar-refractivity contribution in [3.8, 4) is 5.69 Å². The largest absolute Gasteiger partial charge is 0.335 e. The van der Waals surface area contributed by atoms with E-state index in [0.29, 0.717) is 25.1 Å². The van der Waals surface area contributed by atoms with Crippen molar-refractivity contribution in [1.29, 1.82) is 0 Å². The molecule has 0 radical (unpaired) electrons. The van der Waals surface area contributed by atoms with Crippen molar-refractivity contribution >= 4 is 11.7 Å². The number of aromatic amines is 1. The highest BCUT2D eigenvalue weighted by Crippen LogP contribution is 2.16. The number of carbonyl (C=O) groups excluding carboxylic acids is 2. The van der Waals surface area contributed by atoms with Crippen molar-refractivity contribution in [3.05, 3.63) is 51.4 Å². The van der Waals surface area contributed by atoms with Gasteiger partial charge in [0, 0.05) is 18.7 Å². The Morgan fingerprint density at radius 2 is 1.58 bits per heavy atom. The lowest BCUT2D eigenvalue weighted by Crippen LogP contribution is -2.37. The Bertz CT molecular complexity index is 958. The first kappa shape index (κ1) is 26.6. The van der Waals surface area contributed by atoms with Crippen molar-refractivity contribution in [1.82, 2.24) is 14.7 Å². The zero-order valence-electron chi connectivity index (χ0n) is 20.9. The molecule has 33 heavy (non-hydrogen) atoms. The average Bonchev–Trinajstić information content (AvgIpc) is 3.17. The van der Waals surface area contributed by atoms with Crippen LogP contribution in [0.2, 0.25) is 0 Å². The first-order valence-corrected chi connectivity index (χ1v) is 12.7. The molecule has 1 heterocycles. The molecule has 2 rings (SSSR count). The van der Waals surface area contributed by atoms with E-state index in [1.54, 1.807) is 4.90 Å². The number of H-pyrrole nitrogens is 1. The molecule has 0 bridgehead atoms. The fraction of sp³-hybridized carbons (Fsp3) is 0.593. The highest BCUT2D eigenvalue weighted by Gasteiger charge is 2.24. The van der Waals surface area contributed by atoms with E-state index in [4.69, 9.17) is 0 Å². The number of unbranched alkanes of at least 4 members (excludes halogenated alkanes) is 6. The van der Waals surface area contributed by atoms with E-state index in [9.17, 15) is 14.4 Å². The maximum atomic E-state index is 13.2. The second kappa shape index (κ2) is 13.8. The van der Waals surface area contributed by atoms with Crippen LogP contribution in [0.4, 0.5) is 0 Å². The molecular formula is C27H41N3O3. The van der Waals surface area contributed by atoms with Gasteiger partial charge in [0.25, 0.3) is 5.56 Å². The van der Waals surface area contributed by atoms with Crippen LogP contribution in [-0.2, 0) is 17.6 Å². The van der Waals surface area contributed by atoms with Crippen LogP contribution in [0, 0.1) is 0 Å². The van der Waals surface area contributed by atoms with Gasteiger partial charge in [-0.3, -0.25) is 19.5 Å². The normalized spacial score (nSPS) is 11.0. The molecule has 1 amide bonds. The third-order valence-electron chi connectivity index (χ3n) is 6.27. The Morgan fingerprint density at radius 1 is 0.909 bits per heavy atom. The Hall–Kier alpha value is -2.63. The van der Waals surface area contributed by atoms with Crippen LogP contribution in [0.5, 0.6) is 0 Å². The van der Waals surface area contributed by atoms with Gasteiger partial charge in [-0.1, -0.05) is 77.5 Å². The summed E-state index contributed by atoms with van der Waals surface area (Å²) in [4.78, 5) is 40.7. The van der Waals surface area contributed by atoms with Crippen LogP contribution in [0.15, 0.2) is 29.1 Å². The smallest absolute Gasteiger partial charge is 0.282 e. The van der Waals surface area contributed by atoms with Crippen LogP contribution >= 0.6 is 0 Å². The number of hydrogen-bond donors (Lipinski definition) is 1. The number of ketones is 1. The molecule has 182 valence electrons. The summed E-state index contributed by atoms with van der Waals surface area (Å²) in [6.45, 7) is 8.44. The summed E-state index contributed by atoms with van der Waals surface area (Å²) >= 11 is 0. The molecular weight excluding hydrogens is 414 g/mol. The van der Waals surface area contributed by atoms with Crippen LogP contribution in [0.25, 0.3) is 5.69 Å². The number of aromatic nitrogens is 2. The lowest BCUT2D eigenvalue weighted by molar-refractivity contribution is -0.130. The SMILES string of the molecule is CCCCCCCCCC(=O)N(CC)CC(=O)c1c(CC)[nH]n(-c2ccccc2CC)c1=O. The van der Waals surface area contributed by atoms with E-state index in [-0.39, 0.29) is 29.4 Å². The number of hydrogen-bond acceptors (Lipinski definition) is 3. The third kappa shape index (κ3) is 7.18. The van der Waals surface area contributed by atoms with Crippen molar-refractivity contribution in [2.45, 2.75) is 91.9 Å². The van der Waals surface area contributed by atoms with E-state index in [2.05, 4.69) is 12.0 Å². The van der Waals surface area contributed by atoms with Crippen molar-refractivity contribution in [3.63, 3.8) is 0 Å². The Kier molecular flexibility index (Phi) is 11.1. The minimum atomic E-state index is -0.340. The van der Waals surface area contributed by atoms with Gasteiger partial charge in [0.05, 0.1) is 12.2 Å². The van der Waals surface area contributed by atoms with Crippen LogP contribution < -0.4 is 5.56 Å². The lowest BCUT2D eigenvalue weighted by atomic mass is 10.1. The summed E-state index contributed by atoms with van der Waals surface area (Å²) in [5.74, 6) is -0.305. The van der Waals surface area contributed by atoms with Crippen molar-refractivity contribution in [2.24, 2.45) is 0 Å². The molecule has 0 aliphatic rings. The molecule has 2 aromatic rings. The average molecular weight is 456 g/mol.